The highest BCUT2D eigenvalue weighted by atomic mass is 19.1. The first-order valence-corrected chi connectivity index (χ1v) is 7.54. The lowest BCUT2D eigenvalue weighted by molar-refractivity contribution is -0.151. The summed E-state index contributed by atoms with van der Waals surface area (Å²) in [6, 6.07) is 6.30. The lowest BCUT2D eigenvalue weighted by atomic mass is 9.90. The van der Waals surface area contributed by atoms with Crippen LogP contribution in [-0.4, -0.2) is 42.7 Å². The lowest BCUT2D eigenvalue weighted by Gasteiger charge is -2.43. The van der Waals surface area contributed by atoms with E-state index < -0.39 is 5.82 Å². The number of carbonyl (C=O) groups is 1. The molecule has 1 aliphatic heterocycles. The summed E-state index contributed by atoms with van der Waals surface area (Å²) in [5.41, 5.74) is 0. The van der Waals surface area contributed by atoms with Crippen LogP contribution in [0.2, 0.25) is 0 Å². The zero-order valence-corrected chi connectivity index (χ0v) is 12.0. The Morgan fingerprint density at radius 2 is 2.14 bits per heavy atom. The minimum Gasteiger partial charge on any atom is -0.481 e. The molecule has 2 atom stereocenters. The summed E-state index contributed by atoms with van der Waals surface area (Å²) >= 11 is 0. The predicted octanol–water partition coefficient (Wildman–Crippen LogP) is 2.37. The normalized spacial score (nSPS) is 25.3. The molecule has 5 heteroatoms. The van der Waals surface area contributed by atoms with Gasteiger partial charge in [-0.05, 0) is 25.0 Å². The van der Waals surface area contributed by atoms with Crippen LogP contribution in [0.5, 0.6) is 5.75 Å². The zero-order chi connectivity index (χ0) is 14.7. The van der Waals surface area contributed by atoms with E-state index in [2.05, 4.69) is 0 Å². The molecule has 114 valence electrons. The van der Waals surface area contributed by atoms with Crippen LogP contribution < -0.4 is 4.74 Å². The first kappa shape index (κ1) is 14.3. The van der Waals surface area contributed by atoms with E-state index in [1.807, 2.05) is 4.90 Å². The fraction of sp³-hybridized carbons (Fsp3) is 0.562. The molecule has 0 aromatic heterocycles. The van der Waals surface area contributed by atoms with Crippen molar-refractivity contribution in [2.45, 2.75) is 37.8 Å². The maximum atomic E-state index is 13.5. The molecule has 2 aliphatic rings. The van der Waals surface area contributed by atoms with Crippen molar-refractivity contribution < 1.29 is 18.7 Å². The summed E-state index contributed by atoms with van der Waals surface area (Å²) in [4.78, 5) is 14.2. The van der Waals surface area contributed by atoms with Crippen molar-refractivity contribution in [3.8, 4) is 5.75 Å². The standard InChI is InChI=1S/C16H20FNO3/c17-12-5-1-3-7-14(12)21-11-16(19)18-9-10-20-15-8-4-2-6-13(15)18/h1,3,5,7,13,15H,2,4,6,8-11H2. The van der Waals surface area contributed by atoms with Crippen molar-refractivity contribution >= 4 is 5.91 Å². The average Bonchev–Trinajstić information content (AvgIpc) is 2.53. The number of fused-ring (bicyclic) bond motifs is 1. The Balaban J connectivity index is 1.60. The van der Waals surface area contributed by atoms with Gasteiger partial charge in [0.1, 0.15) is 0 Å². The molecule has 1 saturated carbocycles. The SMILES string of the molecule is O=C(COc1ccccc1F)N1CCOC2CCCCC21. The molecular weight excluding hydrogens is 273 g/mol. The largest absolute Gasteiger partial charge is 0.481 e. The van der Waals surface area contributed by atoms with Gasteiger partial charge in [-0.25, -0.2) is 4.39 Å². The fourth-order valence-electron chi connectivity index (χ4n) is 3.19. The third-order valence-corrected chi connectivity index (χ3v) is 4.24. The molecule has 1 amide bonds. The molecule has 1 aromatic rings. The van der Waals surface area contributed by atoms with Crippen LogP contribution >= 0.6 is 0 Å². The van der Waals surface area contributed by atoms with Crippen molar-refractivity contribution in [3.63, 3.8) is 0 Å². The summed E-state index contributed by atoms with van der Waals surface area (Å²) in [6.07, 6.45) is 4.45. The predicted molar refractivity (Wildman–Crippen MR) is 75.6 cm³/mol. The van der Waals surface area contributed by atoms with Crippen molar-refractivity contribution in [1.29, 1.82) is 0 Å². The molecule has 2 fully saturated rings. The first-order chi connectivity index (χ1) is 10.3. The van der Waals surface area contributed by atoms with Crippen LogP contribution in [0.15, 0.2) is 24.3 Å². The Labute approximate surface area is 123 Å². The number of halogens is 1. The van der Waals surface area contributed by atoms with Crippen molar-refractivity contribution in [3.05, 3.63) is 30.1 Å². The summed E-state index contributed by atoms with van der Waals surface area (Å²) in [5.74, 6) is -0.402. The molecule has 1 aromatic carbocycles. The zero-order valence-electron chi connectivity index (χ0n) is 12.0. The number of hydrogen-bond acceptors (Lipinski definition) is 3. The Bertz CT molecular complexity index is 506. The number of ether oxygens (including phenoxy) is 2. The summed E-state index contributed by atoms with van der Waals surface area (Å²) in [6.45, 7) is 1.05. The number of para-hydroxylation sites is 1. The van der Waals surface area contributed by atoms with E-state index in [1.54, 1.807) is 12.1 Å². The Morgan fingerprint density at radius 3 is 3.00 bits per heavy atom. The molecule has 0 N–H and O–H groups in total. The number of nitrogens with zero attached hydrogens (tertiary/aromatic N) is 1. The molecular formula is C16H20FNO3. The summed E-state index contributed by atoms with van der Waals surface area (Å²) < 4.78 is 24.6. The van der Waals surface area contributed by atoms with E-state index >= 15 is 0 Å². The number of rotatable bonds is 3. The highest BCUT2D eigenvalue weighted by Gasteiger charge is 2.36. The maximum Gasteiger partial charge on any atom is 0.260 e. The van der Waals surface area contributed by atoms with Crippen LogP contribution in [-0.2, 0) is 9.53 Å². The van der Waals surface area contributed by atoms with Gasteiger partial charge < -0.3 is 14.4 Å². The number of morpholine rings is 1. The lowest BCUT2D eigenvalue weighted by Crippen LogP contribution is -2.55. The van der Waals surface area contributed by atoms with Crippen LogP contribution in [0.25, 0.3) is 0 Å². The molecule has 21 heavy (non-hydrogen) atoms. The minimum atomic E-state index is -0.442. The number of carbonyl (C=O) groups excluding carboxylic acids is 1. The van der Waals surface area contributed by atoms with Gasteiger partial charge in [0.05, 0.1) is 18.8 Å². The molecule has 1 heterocycles. The van der Waals surface area contributed by atoms with E-state index in [9.17, 15) is 9.18 Å². The first-order valence-electron chi connectivity index (χ1n) is 7.54. The highest BCUT2D eigenvalue weighted by molar-refractivity contribution is 5.78. The van der Waals surface area contributed by atoms with Crippen molar-refractivity contribution in [2.75, 3.05) is 19.8 Å². The second-order valence-corrected chi connectivity index (χ2v) is 5.57. The van der Waals surface area contributed by atoms with E-state index in [-0.39, 0.29) is 30.4 Å². The second kappa shape index (κ2) is 6.43. The van der Waals surface area contributed by atoms with E-state index in [1.165, 1.54) is 12.1 Å². The van der Waals surface area contributed by atoms with E-state index in [0.29, 0.717) is 13.2 Å². The van der Waals surface area contributed by atoms with Gasteiger partial charge in [0.25, 0.3) is 5.91 Å². The maximum absolute atomic E-state index is 13.5. The highest BCUT2D eigenvalue weighted by Crippen LogP contribution is 2.28. The quantitative estimate of drug-likeness (QED) is 0.859. The van der Waals surface area contributed by atoms with E-state index in [0.717, 1.165) is 25.7 Å². The summed E-state index contributed by atoms with van der Waals surface area (Å²) in [7, 11) is 0. The summed E-state index contributed by atoms with van der Waals surface area (Å²) in [5, 5.41) is 0. The van der Waals surface area contributed by atoms with Crippen LogP contribution in [0, 0.1) is 5.82 Å². The Kier molecular flexibility index (Phi) is 4.39. The topological polar surface area (TPSA) is 38.8 Å². The van der Waals surface area contributed by atoms with Crippen LogP contribution in [0.1, 0.15) is 25.7 Å². The van der Waals surface area contributed by atoms with Gasteiger partial charge >= 0.3 is 0 Å². The molecule has 1 saturated heterocycles. The van der Waals surface area contributed by atoms with Crippen LogP contribution in [0.3, 0.4) is 0 Å². The molecule has 0 spiro atoms. The van der Waals surface area contributed by atoms with Gasteiger partial charge in [-0.15, -0.1) is 0 Å². The van der Waals surface area contributed by atoms with Gasteiger partial charge in [0.15, 0.2) is 18.2 Å². The second-order valence-electron chi connectivity index (χ2n) is 5.57. The van der Waals surface area contributed by atoms with Gasteiger partial charge in [0.2, 0.25) is 0 Å². The van der Waals surface area contributed by atoms with Gasteiger partial charge in [-0.2, -0.15) is 0 Å². The smallest absolute Gasteiger partial charge is 0.260 e. The average molecular weight is 293 g/mol. The van der Waals surface area contributed by atoms with Gasteiger partial charge in [-0.3, -0.25) is 4.79 Å². The third kappa shape index (κ3) is 3.18. The molecule has 3 rings (SSSR count). The van der Waals surface area contributed by atoms with Crippen molar-refractivity contribution in [1.82, 2.24) is 4.90 Å². The number of amides is 1. The third-order valence-electron chi connectivity index (χ3n) is 4.24. The minimum absolute atomic E-state index is 0.0848. The molecule has 4 nitrogen and oxygen atoms in total. The van der Waals surface area contributed by atoms with E-state index in [4.69, 9.17) is 9.47 Å². The molecule has 2 unspecified atom stereocenters. The Morgan fingerprint density at radius 1 is 1.33 bits per heavy atom. The molecule has 1 aliphatic carbocycles. The fourth-order valence-corrected chi connectivity index (χ4v) is 3.19. The number of benzene rings is 1. The van der Waals surface area contributed by atoms with Gasteiger partial charge in [0, 0.05) is 6.54 Å². The van der Waals surface area contributed by atoms with Crippen molar-refractivity contribution in [2.24, 2.45) is 0 Å². The molecule has 0 radical (unpaired) electrons. The molecule has 0 bridgehead atoms. The monoisotopic (exact) mass is 293 g/mol. The Hall–Kier alpha value is -1.62. The van der Waals surface area contributed by atoms with Gasteiger partial charge in [-0.1, -0.05) is 25.0 Å². The van der Waals surface area contributed by atoms with Crippen LogP contribution in [0.4, 0.5) is 4.39 Å². The number of hydrogen-bond donors (Lipinski definition) is 0.